The first kappa shape index (κ1) is 3.40. The lowest BCUT2D eigenvalue weighted by Crippen LogP contribution is -2.50. The summed E-state index contributed by atoms with van der Waals surface area (Å²) in [5.41, 5.74) is 1.02. The molecule has 0 aromatic heterocycles. The molecule has 0 aromatic rings. The van der Waals surface area contributed by atoms with Gasteiger partial charge in [-0.2, -0.15) is 0 Å². The van der Waals surface area contributed by atoms with Crippen molar-refractivity contribution >= 4 is 8.58 Å². The topological polar surface area (TPSA) is 9.23 Å². The van der Waals surface area contributed by atoms with Gasteiger partial charge >= 0.3 is 0 Å². The van der Waals surface area contributed by atoms with Gasteiger partial charge in [-0.1, -0.05) is 0 Å². The van der Waals surface area contributed by atoms with Crippen molar-refractivity contribution < 1.29 is 4.74 Å². The Balaban J connectivity index is 2.03. The van der Waals surface area contributed by atoms with Crippen LogP contribution in [0.1, 0.15) is 0 Å². The minimum absolute atomic E-state index is 0.725. The van der Waals surface area contributed by atoms with Crippen LogP contribution in [0.2, 0.25) is 0 Å². The van der Waals surface area contributed by atoms with Crippen molar-refractivity contribution in [2.24, 2.45) is 0 Å². The van der Waals surface area contributed by atoms with E-state index in [1.54, 1.807) is 0 Å². The van der Waals surface area contributed by atoms with Crippen LogP contribution in [0.3, 0.4) is 0 Å². The molecule has 0 N–H and O–H groups in total. The van der Waals surface area contributed by atoms with E-state index in [4.69, 9.17) is 4.74 Å². The summed E-state index contributed by atoms with van der Waals surface area (Å²) in [5.74, 6) is 0. The maximum Gasteiger partial charge on any atom is 0.0699 e. The van der Waals surface area contributed by atoms with Gasteiger partial charge in [0.05, 0.1) is 12.7 Å². The Morgan fingerprint density at radius 1 is 1.67 bits per heavy atom. The SMILES string of the molecule is C1PC2COC12. The molecule has 3 atom stereocenters. The highest BCUT2D eigenvalue weighted by atomic mass is 31.1. The van der Waals surface area contributed by atoms with Crippen LogP contribution in [0.5, 0.6) is 0 Å². The van der Waals surface area contributed by atoms with E-state index in [9.17, 15) is 0 Å². The normalized spacial score (nSPS) is 56.0. The fourth-order valence-corrected chi connectivity index (χ4v) is 2.02. The smallest absolute Gasteiger partial charge is 0.0699 e. The number of hydrogen-bond donors (Lipinski definition) is 0. The van der Waals surface area contributed by atoms with Gasteiger partial charge in [-0.15, -0.1) is 8.58 Å². The lowest BCUT2D eigenvalue weighted by molar-refractivity contribution is -0.0419. The van der Waals surface area contributed by atoms with Gasteiger partial charge in [0.2, 0.25) is 0 Å². The third-order valence-corrected chi connectivity index (χ3v) is 3.22. The number of rotatable bonds is 0. The van der Waals surface area contributed by atoms with Crippen molar-refractivity contribution in [3.05, 3.63) is 0 Å². The lowest BCUT2D eigenvalue weighted by Gasteiger charge is -2.45. The van der Waals surface area contributed by atoms with Crippen LogP contribution in [0.25, 0.3) is 0 Å². The molecule has 6 heavy (non-hydrogen) atoms. The third kappa shape index (κ3) is 0.244. The highest BCUT2D eigenvalue weighted by Crippen LogP contribution is 2.43. The standard InChI is InChI=1S/C4H7OP/c1-4-3(5-1)2-6-4/h3-4,6H,1-2H2. The Labute approximate surface area is 38.9 Å². The molecule has 0 amide bonds. The van der Waals surface area contributed by atoms with Crippen molar-refractivity contribution in [1.29, 1.82) is 0 Å². The maximum absolute atomic E-state index is 5.14. The highest BCUT2D eigenvalue weighted by molar-refractivity contribution is 7.41. The first-order valence-electron chi connectivity index (χ1n) is 2.32. The fraction of sp³-hybridized carbons (Fsp3) is 1.00. The van der Waals surface area contributed by atoms with Gasteiger partial charge in [0.15, 0.2) is 0 Å². The lowest BCUT2D eigenvalue weighted by atomic mass is 10.2. The molecule has 2 aliphatic rings. The van der Waals surface area contributed by atoms with Crippen molar-refractivity contribution in [1.82, 2.24) is 0 Å². The van der Waals surface area contributed by atoms with Gasteiger partial charge in [0.25, 0.3) is 0 Å². The van der Waals surface area contributed by atoms with Gasteiger partial charge in [-0.05, 0) is 6.16 Å². The maximum atomic E-state index is 5.14. The third-order valence-electron chi connectivity index (χ3n) is 1.52. The van der Waals surface area contributed by atoms with Gasteiger partial charge in [-0.25, -0.2) is 0 Å². The predicted molar refractivity (Wildman–Crippen MR) is 26.7 cm³/mol. The summed E-state index contributed by atoms with van der Waals surface area (Å²) >= 11 is 0. The average Bonchev–Trinajstić information content (AvgIpc) is 1.54. The van der Waals surface area contributed by atoms with Crippen LogP contribution in [0.4, 0.5) is 0 Å². The Hall–Kier alpha value is 0.390. The molecular formula is C4H7OP. The van der Waals surface area contributed by atoms with E-state index in [1.165, 1.54) is 14.7 Å². The van der Waals surface area contributed by atoms with E-state index < -0.39 is 0 Å². The first-order valence-corrected chi connectivity index (χ1v) is 3.60. The van der Waals surface area contributed by atoms with Crippen LogP contribution >= 0.6 is 8.58 Å². The zero-order valence-corrected chi connectivity index (χ0v) is 4.48. The van der Waals surface area contributed by atoms with Crippen molar-refractivity contribution in [2.45, 2.75) is 11.8 Å². The Morgan fingerprint density at radius 3 is 2.50 bits per heavy atom. The average molecular weight is 102 g/mol. The summed E-state index contributed by atoms with van der Waals surface area (Å²) in [7, 11) is 1.24. The van der Waals surface area contributed by atoms with E-state index in [1.807, 2.05) is 0 Å². The van der Waals surface area contributed by atoms with Crippen LogP contribution in [0, 0.1) is 0 Å². The second-order valence-corrected chi connectivity index (χ2v) is 3.44. The molecule has 3 unspecified atom stereocenters. The summed E-state index contributed by atoms with van der Waals surface area (Å²) in [6.45, 7) is 1.07. The second kappa shape index (κ2) is 0.962. The van der Waals surface area contributed by atoms with E-state index in [2.05, 4.69) is 0 Å². The van der Waals surface area contributed by atoms with Crippen LogP contribution < -0.4 is 0 Å². The predicted octanol–water partition coefficient (Wildman–Crippen LogP) is 0.446. The fourth-order valence-electron chi connectivity index (χ4n) is 0.827. The Bertz CT molecular complexity index is 55.9. The molecule has 34 valence electrons. The van der Waals surface area contributed by atoms with Gasteiger partial charge in [0, 0.05) is 5.66 Å². The largest absolute Gasteiger partial charge is 0.376 e. The van der Waals surface area contributed by atoms with Crippen molar-refractivity contribution in [3.8, 4) is 0 Å². The molecule has 0 aromatic carbocycles. The Morgan fingerprint density at radius 2 is 2.50 bits per heavy atom. The summed E-state index contributed by atoms with van der Waals surface area (Å²) in [6.07, 6.45) is 2.09. The number of fused-ring (bicyclic) bond motifs is 1. The Kier molecular flexibility index (Phi) is 0.545. The number of ether oxygens (including phenoxy) is 1. The molecule has 0 bridgehead atoms. The molecule has 1 nitrogen and oxygen atoms in total. The molecule has 2 heterocycles. The van der Waals surface area contributed by atoms with Crippen molar-refractivity contribution in [3.63, 3.8) is 0 Å². The summed E-state index contributed by atoms with van der Waals surface area (Å²) in [4.78, 5) is 0. The van der Waals surface area contributed by atoms with Crippen LogP contribution in [-0.4, -0.2) is 24.5 Å². The van der Waals surface area contributed by atoms with E-state index >= 15 is 0 Å². The quantitative estimate of drug-likeness (QED) is 0.403. The highest BCUT2D eigenvalue weighted by Gasteiger charge is 2.39. The first-order chi connectivity index (χ1) is 2.97. The molecule has 0 radical (unpaired) electrons. The van der Waals surface area contributed by atoms with E-state index in [0.717, 1.165) is 18.4 Å². The minimum atomic E-state index is 0.725. The molecule has 2 heteroatoms. The molecule has 2 fully saturated rings. The molecule has 2 aliphatic heterocycles. The zero-order chi connectivity index (χ0) is 3.98. The minimum Gasteiger partial charge on any atom is -0.376 e. The summed E-state index contributed by atoms with van der Waals surface area (Å²) < 4.78 is 5.14. The van der Waals surface area contributed by atoms with Crippen molar-refractivity contribution in [2.75, 3.05) is 12.8 Å². The monoisotopic (exact) mass is 102 g/mol. The summed E-state index contributed by atoms with van der Waals surface area (Å²) in [6, 6.07) is 0. The molecular weight excluding hydrogens is 95.0 g/mol. The summed E-state index contributed by atoms with van der Waals surface area (Å²) in [5, 5.41) is 0. The molecule has 2 saturated heterocycles. The second-order valence-electron chi connectivity index (χ2n) is 1.89. The van der Waals surface area contributed by atoms with E-state index in [0.29, 0.717) is 0 Å². The van der Waals surface area contributed by atoms with Gasteiger partial charge < -0.3 is 4.74 Å². The molecule has 0 aliphatic carbocycles. The molecule has 2 rings (SSSR count). The molecule has 0 spiro atoms. The van der Waals surface area contributed by atoms with E-state index in [-0.39, 0.29) is 0 Å². The molecule has 0 saturated carbocycles. The van der Waals surface area contributed by atoms with Crippen LogP contribution in [-0.2, 0) is 4.74 Å². The zero-order valence-electron chi connectivity index (χ0n) is 3.48. The van der Waals surface area contributed by atoms with Crippen LogP contribution in [0.15, 0.2) is 0 Å². The van der Waals surface area contributed by atoms with Gasteiger partial charge in [-0.3, -0.25) is 0 Å². The number of hydrogen-bond acceptors (Lipinski definition) is 1. The van der Waals surface area contributed by atoms with Gasteiger partial charge in [0.1, 0.15) is 0 Å².